The van der Waals surface area contributed by atoms with Crippen molar-refractivity contribution in [3.63, 3.8) is 0 Å². The van der Waals surface area contributed by atoms with Crippen molar-refractivity contribution in [3.8, 4) is 0 Å². The molecule has 0 amide bonds. The minimum absolute atomic E-state index is 0.253. The molecular formula is C18H23ClN2. The maximum absolute atomic E-state index is 6.12. The molecule has 2 aromatic rings. The fourth-order valence-electron chi connectivity index (χ4n) is 2.34. The third-order valence-electron chi connectivity index (χ3n) is 3.60. The number of hydrogen-bond acceptors (Lipinski definition) is 2. The molecule has 1 heterocycles. The molecular weight excluding hydrogens is 280 g/mol. The van der Waals surface area contributed by atoms with Crippen molar-refractivity contribution in [2.24, 2.45) is 0 Å². The van der Waals surface area contributed by atoms with Crippen molar-refractivity contribution in [2.75, 3.05) is 6.54 Å². The van der Waals surface area contributed by atoms with Gasteiger partial charge < -0.3 is 5.32 Å². The first-order chi connectivity index (χ1) is 10.2. The molecule has 2 nitrogen and oxygen atoms in total. The van der Waals surface area contributed by atoms with Gasteiger partial charge in [0.1, 0.15) is 0 Å². The molecule has 0 saturated carbocycles. The van der Waals surface area contributed by atoms with E-state index in [-0.39, 0.29) is 6.04 Å². The highest BCUT2D eigenvalue weighted by atomic mass is 35.5. The minimum atomic E-state index is 0.253. The number of aryl methyl sites for hydroxylation is 1. The third-order valence-corrected chi connectivity index (χ3v) is 3.83. The van der Waals surface area contributed by atoms with Crippen LogP contribution in [0.3, 0.4) is 0 Å². The van der Waals surface area contributed by atoms with E-state index in [1.807, 2.05) is 24.4 Å². The molecule has 21 heavy (non-hydrogen) atoms. The van der Waals surface area contributed by atoms with Gasteiger partial charge in [-0.15, -0.1) is 0 Å². The summed E-state index contributed by atoms with van der Waals surface area (Å²) in [5, 5.41) is 4.37. The van der Waals surface area contributed by atoms with E-state index in [9.17, 15) is 0 Å². The van der Waals surface area contributed by atoms with Crippen molar-refractivity contribution in [3.05, 3.63) is 64.4 Å². The largest absolute Gasteiger partial charge is 0.310 e. The van der Waals surface area contributed by atoms with Gasteiger partial charge >= 0.3 is 0 Å². The Bertz CT molecular complexity index is 551. The van der Waals surface area contributed by atoms with Gasteiger partial charge in [-0.25, -0.2) is 0 Å². The summed E-state index contributed by atoms with van der Waals surface area (Å²) in [6.45, 7) is 5.31. The summed E-state index contributed by atoms with van der Waals surface area (Å²) in [7, 11) is 0. The van der Waals surface area contributed by atoms with Crippen LogP contribution in [-0.4, -0.2) is 11.5 Å². The lowest BCUT2D eigenvalue weighted by Crippen LogP contribution is -2.24. The summed E-state index contributed by atoms with van der Waals surface area (Å²) in [6.07, 6.45) is 4.99. The minimum Gasteiger partial charge on any atom is -0.310 e. The van der Waals surface area contributed by atoms with Gasteiger partial charge in [0.05, 0.1) is 0 Å². The van der Waals surface area contributed by atoms with Crippen molar-refractivity contribution < 1.29 is 0 Å². The lowest BCUT2D eigenvalue weighted by Gasteiger charge is -2.19. The maximum Gasteiger partial charge on any atom is 0.0422 e. The van der Waals surface area contributed by atoms with E-state index in [1.165, 1.54) is 11.1 Å². The van der Waals surface area contributed by atoms with Gasteiger partial charge in [0.15, 0.2) is 0 Å². The first-order valence-corrected chi connectivity index (χ1v) is 8.03. The van der Waals surface area contributed by atoms with Gasteiger partial charge in [0, 0.05) is 29.4 Å². The molecule has 0 aliphatic rings. The maximum atomic E-state index is 6.12. The summed E-state index contributed by atoms with van der Waals surface area (Å²) in [5.41, 5.74) is 3.61. The quantitative estimate of drug-likeness (QED) is 0.809. The fraction of sp³-hybridized carbons (Fsp3) is 0.389. The zero-order valence-electron chi connectivity index (χ0n) is 12.8. The average molecular weight is 303 g/mol. The van der Waals surface area contributed by atoms with Gasteiger partial charge in [-0.05, 0) is 48.7 Å². The fourth-order valence-corrected chi connectivity index (χ4v) is 2.54. The normalized spacial score (nSPS) is 12.3. The van der Waals surface area contributed by atoms with Crippen LogP contribution in [0.4, 0.5) is 0 Å². The zero-order valence-corrected chi connectivity index (χ0v) is 13.5. The molecule has 3 heteroatoms. The van der Waals surface area contributed by atoms with Crippen LogP contribution in [0.2, 0.25) is 5.02 Å². The van der Waals surface area contributed by atoms with E-state index in [2.05, 4.69) is 42.3 Å². The lowest BCUT2D eigenvalue weighted by molar-refractivity contribution is 0.524. The van der Waals surface area contributed by atoms with Gasteiger partial charge in [0.25, 0.3) is 0 Å². The van der Waals surface area contributed by atoms with Crippen LogP contribution in [0.15, 0.2) is 42.6 Å². The van der Waals surface area contributed by atoms with Crippen LogP contribution in [-0.2, 0) is 12.8 Å². The molecule has 1 N–H and O–H groups in total. The van der Waals surface area contributed by atoms with Crippen LogP contribution in [0.1, 0.15) is 43.1 Å². The number of aromatic nitrogens is 1. The number of nitrogens with one attached hydrogen (secondary N) is 1. The summed E-state index contributed by atoms with van der Waals surface area (Å²) >= 11 is 6.12. The molecule has 112 valence electrons. The highest BCUT2D eigenvalue weighted by Gasteiger charge is 2.12. The second kappa shape index (κ2) is 8.16. The molecule has 2 rings (SSSR count). The molecule has 0 radical (unpaired) electrons. The molecule has 1 atom stereocenters. The Hall–Kier alpha value is -1.38. The number of rotatable bonds is 7. The molecule has 0 fully saturated rings. The number of pyridine rings is 1. The number of hydrogen-bond donors (Lipinski definition) is 1. The molecule has 0 aliphatic carbocycles. The standard InChI is InChI=1S/C18H23ClN2/c1-3-10-20-18(15-6-5-7-16(19)11-15)12-17-9-8-14(4-2)13-21-17/h5-9,11,13,18,20H,3-4,10,12H2,1-2H3. The molecule has 1 aromatic carbocycles. The highest BCUT2D eigenvalue weighted by molar-refractivity contribution is 6.30. The molecule has 0 saturated heterocycles. The second-order valence-corrected chi connectivity index (χ2v) is 5.71. The smallest absolute Gasteiger partial charge is 0.0422 e. The number of halogens is 1. The van der Waals surface area contributed by atoms with Crippen molar-refractivity contribution in [2.45, 2.75) is 39.2 Å². The van der Waals surface area contributed by atoms with E-state index < -0.39 is 0 Å². The molecule has 0 bridgehead atoms. The van der Waals surface area contributed by atoms with Gasteiger partial charge in [-0.3, -0.25) is 4.98 Å². The predicted molar refractivity (Wildman–Crippen MR) is 89.8 cm³/mol. The Morgan fingerprint density at radius 2 is 2.05 bits per heavy atom. The predicted octanol–water partition coefficient (Wildman–Crippen LogP) is 4.58. The van der Waals surface area contributed by atoms with Gasteiger partial charge in [-0.1, -0.05) is 43.6 Å². The molecule has 0 aliphatic heterocycles. The van der Waals surface area contributed by atoms with Crippen molar-refractivity contribution in [1.82, 2.24) is 10.3 Å². The Balaban J connectivity index is 2.15. The first-order valence-electron chi connectivity index (χ1n) is 7.65. The monoisotopic (exact) mass is 302 g/mol. The third kappa shape index (κ3) is 4.83. The van der Waals surface area contributed by atoms with Crippen LogP contribution in [0.5, 0.6) is 0 Å². The Morgan fingerprint density at radius 3 is 2.67 bits per heavy atom. The van der Waals surface area contributed by atoms with E-state index in [0.29, 0.717) is 0 Å². The van der Waals surface area contributed by atoms with E-state index in [1.54, 1.807) is 0 Å². The Labute approximate surface area is 132 Å². The zero-order chi connectivity index (χ0) is 15.1. The Kier molecular flexibility index (Phi) is 6.21. The summed E-state index contributed by atoms with van der Waals surface area (Å²) in [5.74, 6) is 0. The summed E-state index contributed by atoms with van der Waals surface area (Å²) in [4.78, 5) is 4.57. The van der Waals surface area contributed by atoms with Crippen LogP contribution in [0, 0.1) is 0 Å². The van der Waals surface area contributed by atoms with Crippen molar-refractivity contribution in [1.29, 1.82) is 0 Å². The van der Waals surface area contributed by atoms with Crippen LogP contribution >= 0.6 is 11.6 Å². The van der Waals surface area contributed by atoms with Crippen LogP contribution in [0.25, 0.3) is 0 Å². The summed E-state index contributed by atoms with van der Waals surface area (Å²) < 4.78 is 0. The van der Waals surface area contributed by atoms with Gasteiger partial charge in [-0.2, -0.15) is 0 Å². The Morgan fingerprint density at radius 1 is 1.19 bits per heavy atom. The molecule has 0 spiro atoms. The first kappa shape index (κ1) is 16.0. The molecule has 1 aromatic heterocycles. The number of nitrogens with zero attached hydrogens (tertiary/aromatic N) is 1. The highest BCUT2D eigenvalue weighted by Crippen LogP contribution is 2.21. The SMILES string of the molecule is CCCNC(Cc1ccc(CC)cn1)c1cccc(Cl)c1. The average Bonchev–Trinajstić information content (AvgIpc) is 2.52. The lowest BCUT2D eigenvalue weighted by atomic mass is 10.0. The van der Waals surface area contributed by atoms with E-state index in [4.69, 9.17) is 11.6 Å². The number of benzene rings is 1. The topological polar surface area (TPSA) is 24.9 Å². The summed E-state index contributed by atoms with van der Waals surface area (Å²) in [6, 6.07) is 12.6. The van der Waals surface area contributed by atoms with Gasteiger partial charge in [0.2, 0.25) is 0 Å². The van der Waals surface area contributed by atoms with Crippen LogP contribution < -0.4 is 5.32 Å². The van der Waals surface area contributed by atoms with Crippen molar-refractivity contribution >= 4 is 11.6 Å². The molecule has 1 unspecified atom stereocenters. The van der Waals surface area contributed by atoms with E-state index in [0.717, 1.165) is 36.5 Å². The van der Waals surface area contributed by atoms with E-state index >= 15 is 0 Å². The second-order valence-electron chi connectivity index (χ2n) is 5.28.